The molecule has 0 aliphatic heterocycles. The summed E-state index contributed by atoms with van der Waals surface area (Å²) < 4.78 is 6.10. The quantitative estimate of drug-likeness (QED) is 0.539. The van der Waals surface area contributed by atoms with Crippen LogP contribution < -0.4 is 4.74 Å². The van der Waals surface area contributed by atoms with Gasteiger partial charge in [-0.15, -0.1) is 0 Å². The van der Waals surface area contributed by atoms with Crippen LogP contribution in [-0.4, -0.2) is 25.1 Å². The molecule has 0 unspecified atom stereocenters. The molecule has 3 heterocycles. The molecular formula is C19H16ClN5O. The predicted molar refractivity (Wildman–Crippen MR) is 99.9 cm³/mol. The van der Waals surface area contributed by atoms with Crippen LogP contribution in [0.3, 0.4) is 0 Å². The minimum atomic E-state index is -0.176. The third kappa shape index (κ3) is 3.45. The Kier molecular flexibility index (Phi) is 4.41. The van der Waals surface area contributed by atoms with E-state index in [0.29, 0.717) is 11.0 Å². The van der Waals surface area contributed by atoms with E-state index in [-0.39, 0.29) is 6.10 Å². The van der Waals surface area contributed by atoms with Gasteiger partial charge in [-0.1, -0.05) is 23.7 Å². The molecule has 130 valence electrons. The molecule has 0 saturated carbocycles. The number of halogens is 1. The number of nitrogens with one attached hydrogen (secondary N) is 2. The zero-order valence-electron chi connectivity index (χ0n) is 14.0. The first-order valence-corrected chi connectivity index (χ1v) is 8.49. The number of aromatic amines is 2. The zero-order valence-corrected chi connectivity index (χ0v) is 14.7. The standard InChI is InChI=1S/C19H16ClN5O/c1-12(14-7-15(10-21-9-14)19-22-11-18(20)24-19)26-16-4-2-3-13(8-16)17-5-6-23-25-17/h2-12H,1H3,(H,22,24)(H,23,25)/t12-/m1/s1. The number of nitrogens with zero attached hydrogens (tertiary/aromatic N) is 3. The minimum Gasteiger partial charge on any atom is -0.486 e. The lowest BCUT2D eigenvalue weighted by Gasteiger charge is -2.16. The van der Waals surface area contributed by atoms with E-state index in [1.165, 1.54) is 0 Å². The van der Waals surface area contributed by atoms with E-state index in [1.807, 2.05) is 43.3 Å². The molecule has 0 aliphatic rings. The summed E-state index contributed by atoms with van der Waals surface area (Å²) >= 11 is 5.91. The lowest BCUT2D eigenvalue weighted by Crippen LogP contribution is -2.04. The molecule has 2 N–H and O–H groups in total. The molecule has 0 bridgehead atoms. The molecule has 4 aromatic rings. The second kappa shape index (κ2) is 7.01. The minimum absolute atomic E-state index is 0.176. The van der Waals surface area contributed by atoms with Gasteiger partial charge in [-0.25, -0.2) is 4.98 Å². The summed E-state index contributed by atoms with van der Waals surface area (Å²) in [4.78, 5) is 11.5. The van der Waals surface area contributed by atoms with Crippen LogP contribution in [0, 0.1) is 0 Å². The molecular weight excluding hydrogens is 350 g/mol. The predicted octanol–water partition coefficient (Wildman–Crippen LogP) is 4.66. The monoisotopic (exact) mass is 365 g/mol. The van der Waals surface area contributed by atoms with E-state index in [9.17, 15) is 0 Å². The van der Waals surface area contributed by atoms with Crippen LogP contribution in [0.5, 0.6) is 5.75 Å². The molecule has 0 amide bonds. The highest BCUT2D eigenvalue weighted by Gasteiger charge is 2.12. The number of rotatable bonds is 5. The molecule has 1 aromatic carbocycles. The van der Waals surface area contributed by atoms with Gasteiger partial charge in [0.15, 0.2) is 0 Å². The van der Waals surface area contributed by atoms with Gasteiger partial charge in [0.05, 0.1) is 11.9 Å². The van der Waals surface area contributed by atoms with Gasteiger partial charge in [0.25, 0.3) is 0 Å². The first kappa shape index (κ1) is 16.4. The molecule has 3 aromatic heterocycles. The van der Waals surface area contributed by atoms with Crippen molar-refractivity contribution in [3.05, 3.63) is 71.9 Å². The van der Waals surface area contributed by atoms with Crippen LogP contribution in [0.15, 0.2) is 61.2 Å². The van der Waals surface area contributed by atoms with Gasteiger partial charge in [0.2, 0.25) is 0 Å². The summed E-state index contributed by atoms with van der Waals surface area (Å²) in [6, 6.07) is 11.8. The average Bonchev–Trinajstić information content (AvgIpc) is 3.34. The third-order valence-corrected chi connectivity index (χ3v) is 4.20. The van der Waals surface area contributed by atoms with E-state index in [1.54, 1.807) is 24.8 Å². The SMILES string of the molecule is C[C@@H](Oc1cccc(-c2ccn[nH]2)c1)c1cncc(-c2ncc(Cl)[nH]2)c1. The molecule has 1 atom stereocenters. The van der Waals surface area contributed by atoms with E-state index < -0.39 is 0 Å². The Morgan fingerprint density at radius 1 is 1.08 bits per heavy atom. The number of ether oxygens (including phenoxy) is 1. The molecule has 4 rings (SSSR count). The van der Waals surface area contributed by atoms with Crippen LogP contribution >= 0.6 is 11.6 Å². The highest BCUT2D eigenvalue weighted by atomic mass is 35.5. The summed E-state index contributed by atoms with van der Waals surface area (Å²) in [7, 11) is 0. The van der Waals surface area contributed by atoms with E-state index in [4.69, 9.17) is 16.3 Å². The van der Waals surface area contributed by atoms with Gasteiger partial charge in [-0.3, -0.25) is 10.1 Å². The van der Waals surface area contributed by atoms with E-state index in [0.717, 1.165) is 28.1 Å². The Morgan fingerprint density at radius 3 is 2.77 bits per heavy atom. The highest BCUT2D eigenvalue weighted by molar-refractivity contribution is 6.29. The van der Waals surface area contributed by atoms with Crippen LogP contribution in [0.1, 0.15) is 18.6 Å². The second-order valence-electron chi connectivity index (χ2n) is 5.84. The van der Waals surface area contributed by atoms with Crippen molar-refractivity contribution in [1.82, 2.24) is 25.1 Å². The van der Waals surface area contributed by atoms with Crippen molar-refractivity contribution in [1.29, 1.82) is 0 Å². The van der Waals surface area contributed by atoms with Gasteiger partial charge < -0.3 is 9.72 Å². The van der Waals surface area contributed by atoms with Gasteiger partial charge in [-0.05, 0) is 31.2 Å². The topological polar surface area (TPSA) is 79.5 Å². The lowest BCUT2D eigenvalue weighted by molar-refractivity contribution is 0.226. The Morgan fingerprint density at radius 2 is 2.00 bits per heavy atom. The van der Waals surface area contributed by atoms with E-state index >= 15 is 0 Å². The number of H-pyrrole nitrogens is 2. The Hall–Kier alpha value is -3.12. The number of imidazole rings is 1. The maximum atomic E-state index is 6.10. The van der Waals surface area contributed by atoms with Crippen molar-refractivity contribution in [2.75, 3.05) is 0 Å². The molecule has 0 fully saturated rings. The summed E-state index contributed by atoms with van der Waals surface area (Å²) in [5.74, 6) is 1.45. The average molecular weight is 366 g/mol. The van der Waals surface area contributed by atoms with Crippen LogP contribution in [-0.2, 0) is 0 Å². The fourth-order valence-electron chi connectivity index (χ4n) is 2.68. The van der Waals surface area contributed by atoms with Crippen molar-refractivity contribution in [3.63, 3.8) is 0 Å². The zero-order chi connectivity index (χ0) is 17.9. The van der Waals surface area contributed by atoms with Crippen LogP contribution in [0.2, 0.25) is 5.15 Å². The number of hydrogen-bond donors (Lipinski definition) is 2. The van der Waals surface area contributed by atoms with Crippen molar-refractivity contribution in [2.45, 2.75) is 13.0 Å². The molecule has 0 aliphatic carbocycles. The van der Waals surface area contributed by atoms with Crippen LogP contribution in [0.25, 0.3) is 22.6 Å². The van der Waals surface area contributed by atoms with Gasteiger partial charge in [0, 0.05) is 35.3 Å². The van der Waals surface area contributed by atoms with Crippen molar-refractivity contribution < 1.29 is 4.74 Å². The number of pyridine rings is 1. The number of hydrogen-bond acceptors (Lipinski definition) is 4. The summed E-state index contributed by atoms with van der Waals surface area (Å²) in [6.07, 6.45) is 6.65. The first-order valence-electron chi connectivity index (χ1n) is 8.11. The first-order chi connectivity index (χ1) is 12.7. The molecule has 0 spiro atoms. The number of aromatic nitrogens is 5. The fraction of sp³-hybridized carbons (Fsp3) is 0.105. The van der Waals surface area contributed by atoms with E-state index in [2.05, 4.69) is 25.1 Å². The number of benzene rings is 1. The Bertz CT molecular complexity index is 1010. The normalized spacial score (nSPS) is 12.1. The molecule has 26 heavy (non-hydrogen) atoms. The molecule has 6 nitrogen and oxygen atoms in total. The van der Waals surface area contributed by atoms with Gasteiger partial charge in [0.1, 0.15) is 22.8 Å². The smallest absolute Gasteiger partial charge is 0.140 e. The molecule has 7 heteroatoms. The van der Waals surface area contributed by atoms with Crippen molar-refractivity contribution in [3.8, 4) is 28.4 Å². The fourth-order valence-corrected chi connectivity index (χ4v) is 2.82. The summed E-state index contributed by atoms with van der Waals surface area (Å²) in [5, 5.41) is 7.43. The maximum Gasteiger partial charge on any atom is 0.140 e. The highest BCUT2D eigenvalue weighted by Crippen LogP contribution is 2.27. The summed E-state index contributed by atoms with van der Waals surface area (Å²) in [6.45, 7) is 1.98. The third-order valence-electron chi connectivity index (χ3n) is 4.01. The molecule has 0 radical (unpaired) electrons. The van der Waals surface area contributed by atoms with Crippen molar-refractivity contribution in [2.24, 2.45) is 0 Å². The lowest BCUT2D eigenvalue weighted by atomic mass is 10.1. The maximum absolute atomic E-state index is 6.10. The van der Waals surface area contributed by atoms with Gasteiger partial charge >= 0.3 is 0 Å². The summed E-state index contributed by atoms with van der Waals surface area (Å²) in [5.41, 5.74) is 3.77. The van der Waals surface area contributed by atoms with Gasteiger partial charge in [-0.2, -0.15) is 5.10 Å². The largest absolute Gasteiger partial charge is 0.486 e. The van der Waals surface area contributed by atoms with Crippen LogP contribution in [0.4, 0.5) is 0 Å². The van der Waals surface area contributed by atoms with Crippen molar-refractivity contribution >= 4 is 11.6 Å². The second-order valence-corrected chi connectivity index (χ2v) is 6.25. The Balaban J connectivity index is 1.55. The molecule has 0 saturated heterocycles. The Labute approximate surface area is 155 Å².